The van der Waals surface area contributed by atoms with E-state index in [0.717, 1.165) is 28.3 Å². The number of hydrogen-bond donors (Lipinski definition) is 2. The molecule has 3 N–H and O–H groups in total. The minimum Gasteiger partial charge on any atom is -0.330 e. The molecule has 17 heavy (non-hydrogen) atoms. The van der Waals surface area contributed by atoms with Crippen LogP contribution in [0.1, 0.15) is 17.7 Å². The average Bonchev–Trinajstić information content (AvgIpc) is 2.66. The van der Waals surface area contributed by atoms with Gasteiger partial charge in [-0.2, -0.15) is 0 Å². The second kappa shape index (κ2) is 5.66. The molecule has 0 atom stereocenters. The van der Waals surface area contributed by atoms with Crippen molar-refractivity contribution in [2.45, 2.75) is 24.9 Å². The molecule has 0 aromatic carbocycles. The maximum atomic E-state index is 11.8. The van der Waals surface area contributed by atoms with Gasteiger partial charge in [-0.3, -0.25) is 4.79 Å². The molecule has 4 nitrogen and oxygen atoms in total. The van der Waals surface area contributed by atoms with Crippen LogP contribution in [0.3, 0.4) is 0 Å². The van der Waals surface area contributed by atoms with E-state index in [1.807, 2.05) is 13.0 Å². The van der Waals surface area contributed by atoms with Crippen molar-refractivity contribution in [3.63, 3.8) is 0 Å². The van der Waals surface area contributed by atoms with Gasteiger partial charge >= 0.3 is 0 Å². The van der Waals surface area contributed by atoms with Crippen LogP contribution in [0.5, 0.6) is 0 Å². The van der Waals surface area contributed by atoms with E-state index in [9.17, 15) is 4.79 Å². The van der Waals surface area contributed by atoms with Crippen LogP contribution in [0, 0.1) is 6.92 Å². The number of unbranched alkanes of at least 4 members (excludes halogenated alkanes) is 1. The van der Waals surface area contributed by atoms with Gasteiger partial charge in [0.1, 0.15) is 4.83 Å². The van der Waals surface area contributed by atoms with Gasteiger partial charge < -0.3 is 10.7 Å². The second-order valence-electron chi connectivity index (χ2n) is 3.79. The summed E-state index contributed by atoms with van der Waals surface area (Å²) in [5.74, 6) is 0.940. The smallest absolute Gasteiger partial charge is 0.260 e. The van der Waals surface area contributed by atoms with Gasteiger partial charge in [-0.25, -0.2) is 4.98 Å². The summed E-state index contributed by atoms with van der Waals surface area (Å²) in [5.41, 5.74) is 5.39. The predicted octanol–water partition coefficient (Wildman–Crippen LogP) is 2.12. The highest BCUT2D eigenvalue weighted by Gasteiger charge is 2.06. The highest BCUT2D eigenvalue weighted by Crippen LogP contribution is 2.22. The van der Waals surface area contributed by atoms with Gasteiger partial charge in [0.2, 0.25) is 0 Å². The fraction of sp³-hybridized carbons (Fsp3) is 0.455. The monoisotopic (exact) mass is 269 g/mol. The number of thiophene rings is 1. The van der Waals surface area contributed by atoms with Gasteiger partial charge in [0.05, 0.1) is 5.39 Å². The Hall–Kier alpha value is -0.850. The SMILES string of the molecule is Cc1cc2c(=O)[nH]c(SCCCCN)nc2s1. The molecule has 2 heterocycles. The largest absolute Gasteiger partial charge is 0.330 e. The number of nitrogens with one attached hydrogen (secondary N) is 1. The zero-order valence-electron chi connectivity index (χ0n) is 9.66. The lowest BCUT2D eigenvalue weighted by Gasteiger charge is -1.99. The molecule has 6 heteroatoms. The van der Waals surface area contributed by atoms with Crippen molar-refractivity contribution in [3.8, 4) is 0 Å². The number of thioether (sulfide) groups is 1. The lowest BCUT2D eigenvalue weighted by Crippen LogP contribution is -2.07. The molecule has 0 saturated carbocycles. The van der Waals surface area contributed by atoms with E-state index < -0.39 is 0 Å². The summed E-state index contributed by atoms with van der Waals surface area (Å²) in [4.78, 5) is 21.0. The Morgan fingerprint density at radius 3 is 3.12 bits per heavy atom. The lowest BCUT2D eigenvalue weighted by atomic mass is 10.3. The lowest BCUT2D eigenvalue weighted by molar-refractivity contribution is 0.812. The van der Waals surface area contributed by atoms with Crippen LogP contribution in [0.4, 0.5) is 0 Å². The number of aryl methyl sites for hydroxylation is 1. The van der Waals surface area contributed by atoms with Gasteiger partial charge in [0, 0.05) is 10.6 Å². The summed E-state index contributed by atoms with van der Waals surface area (Å²) >= 11 is 3.14. The molecule has 0 aliphatic carbocycles. The maximum absolute atomic E-state index is 11.8. The van der Waals surface area contributed by atoms with Crippen molar-refractivity contribution in [1.29, 1.82) is 0 Å². The van der Waals surface area contributed by atoms with Crippen molar-refractivity contribution in [2.24, 2.45) is 5.73 Å². The first kappa shape index (κ1) is 12.6. The average molecular weight is 269 g/mol. The summed E-state index contributed by atoms with van der Waals surface area (Å²) in [5, 5.41) is 1.40. The van der Waals surface area contributed by atoms with Gasteiger partial charge in [-0.1, -0.05) is 11.8 Å². The number of H-pyrrole nitrogens is 1. The Balaban J connectivity index is 2.16. The van der Waals surface area contributed by atoms with E-state index >= 15 is 0 Å². The molecule has 0 bridgehead atoms. The van der Waals surface area contributed by atoms with Crippen LogP contribution in [0.2, 0.25) is 0 Å². The number of rotatable bonds is 5. The van der Waals surface area contributed by atoms with E-state index in [0.29, 0.717) is 17.1 Å². The molecule has 2 aromatic heterocycles. The van der Waals surface area contributed by atoms with Crippen LogP contribution in [-0.4, -0.2) is 22.3 Å². The van der Waals surface area contributed by atoms with E-state index in [1.54, 1.807) is 23.1 Å². The molecule has 0 unspecified atom stereocenters. The standard InChI is InChI=1S/C11H15N3OS2/c1-7-6-8-9(15)13-11(14-10(8)17-7)16-5-3-2-4-12/h6H,2-5,12H2,1H3,(H,13,14,15). The Kier molecular flexibility index (Phi) is 4.20. The van der Waals surface area contributed by atoms with Gasteiger partial charge in [-0.15, -0.1) is 11.3 Å². The van der Waals surface area contributed by atoms with Crippen LogP contribution in [-0.2, 0) is 0 Å². The van der Waals surface area contributed by atoms with Crippen LogP contribution >= 0.6 is 23.1 Å². The summed E-state index contributed by atoms with van der Waals surface area (Å²) in [7, 11) is 0. The first-order valence-corrected chi connectivity index (χ1v) is 7.34. The van der Waals surface area contributed by atoms with Crippen LogP contribution in [0.15, 0.2) is 16.0 Å². The fourth-order valence-corrected chi connectivity index (χ4v) is 3.32. The van der Waals surface area contributed by atoms with Gasteiger partial charge in [0.25, 0.3) is 5.56 Å². The van der Waals surface area contributed by atoms with E-state index in [-0.39, 0.29) is 5.56 Å². The highest BCUT2D eigenvalue weighted by atomic mass is 32.2. The molecule has 0 aliphatic heterocycles. The third-order valence-electron chi connectivity index (χ3n) is 2.34. The molecule has 2 aromatic rings. The van der Waals surface area contributed by atoms with E-state index in [1.165, 1.54) is 0 Å². The molecule has 0 radical (unpaired) electrons. The Bertz CT molecular complexity index is 561. The number of hydrogen-bond acceptors (Lipinski definition) is 5. The van der Waals surface area contributed by atoms with Crippen molar-refractivity contribution in [1.82, 2.24) is 9.97 Å². The molecule has 92 valence electrons. The molecule has 0 amide bonds. The molecular weight excluding hydrogens is 254 g/mol. The predicted molar refractivity (Wildman–Crippen MR) is 74.0 cm³/mol. The van der Waals surface area contributed by atoms with Gasteiger partial charge in [0.15, 0.2) is 5.16 Å². The third kappa shape index (κ3) is 3.08. The summed E-state index contributed by atoms with van der Waals surface area (Å²) < 4.78 is 0. The van der Waals surface area contributed by atoms with Crippen molar-refractivity contribution in [2.75, 3.05) is 12.3 Å². The third-order valence-corrected chi connectivity index (χ3v) is 4.25. The van der Waals surface area contributed by atoms with Crippen LogP contribution < -0.4 is 11.3 Å². The molecule has 0 spiro atoms. The van der Waals surface area contributed by atoms with E-state index in [4.69, 9.17) is 5.73 Å². The molecule has 0 saturated heterocycles. The number of nitrogens with two attached hydrogens (primary N) is 1. The fourth-order valence-electron chi connectivity index (χ4n) is 1.52. The summed E-state index contributed by atoms with van der Waals surface area (Å²) in [6, 6.07) is 1.88. The molecule has 0 aliphatic rings. The zero-order valence-corrected chi connectivity index (χ0v) is 11.3. The maximum Gasteiger partial charge on any atom is 0.260 e. The number of aromatic nitrogens is 2. The highest BCUT2D eigenvalue weighted by molar-refractivity contribution is 7.99. The van der Waals surface area contributed by atoms with Crippen LogP contribution in [0.25, 0.3) is 10.2 Å². The van der Waals surface area contributed by atoms with Crippen molar-refractivity contribution >= 4 is 33.3 Å². The molecule has 2 rings (SSSR count). The minimum atomic E-state index is -0.0410. The second-order valence-corrected chi connectivity index (χ2v) is 6.11. The summed E-state index contributed by atoms with van der Waals surface area (Å²) in [6.45, 7) is 2.70. The quantitative estimate of drug-likeness (QED) is 0.495. The van der Waals surface area contributed by atoms with Crippen molar-refractivity contribution < 1.29 is 0 Å². The Morgan fingerprint density at radius 1 is 1.53 bits per heavy atom. The zero-order chi connectivity index (χ0) is 12.3. The first-order chi connectivity index (χ1) is 8.20. The number of aromatic amines is 1. The van der Waals surface area contributed by atoms with Crippen molar-refractivity contribution in [3.05, 3.63) is 21.3 Å². The molecular formula is C11H15N3OS2. The minimum absolute atomic E-state index is 0.0410. The normalized spacial score (nSPS) is 11.2. The molecule has 0 fully saturated rings. The van der Waals surface area contributed by atoms with Gasteiger partial charge in [-0.05, 0) is 32.4 Å². The Morgan fingerprint density at radius 2 is 2.35 bits per heavy atom. The number of fused-ring (bicyclic) bond motifs is 1. The van der Waals surface area contributed by atoms with E-state index in [2.05, 4.69) is 9.97 Å². The topological polar surface area (TPSA) is 71.8 Å². The summed E-state index contributed by atoms with van der Waals surface area (Å²) in [6.07, 6.45) is 2.06. The number of nitrogens with zero attached hydrogens (tertiary/aromatic N) is 1. The first-order valence-electron chi connectivity index (χ1n) is 5.54. The Labute approximate surface area is 108 Å².